The molecule has 0 aliphatic carbocycles. The number of carbonyl (C=O) groups excluding carboxylic acids is 1. The topological polar surface area (TPSA) is 61.9 Å². The van der Waals surface area contributed by atoms with Crippen molar-refractivity contribution >= 4 is 27.5 Å². The number of rotatable bonds is 3. The van der Waals surface area contributed by atoms with E-state index < -0.39 is 0 Å². The maximum absolute atomic E-state index is 13.2. The molecule has 0 saturated carbocycles. The van der Waals surface area contributed by atoms with Gasteiger partial charge in [-0.1, -0.05) is 12.1 Å². The highest BCUT2D eigenvalue weighted by Gasteiger charge is 2.28. The van der Waals surface area contributed by atoms with E-state index in [0.717, 1.165) is 46.6 Å². The highest BCUT2D eigenvalue weighted by atomic mass is 32.1. The lowest BCUT2D eigenvalue weighted by Gasteiger charge is -2.31. The van der Waals surface area contributed by atoms with E-state index in [1.54, 1.807) is 12.1 Å². The number of fused-ring (bicyclic) bond motifs is 1. The normalized spacial score (nSPS) is 17.0. The Morgan fingerprint density at radius 3 is 2.83 bits per heavy atom. The van der Waals surface area contributed by atoms with Crippen LogP contribution in [0.3, 0.4) is 0 Å². The van der Waals surface area contributed by atoms with Crippen LogP contribution in [0.25, 0.3) is 21.5 Å². The van der Waals surface area contributed by atoms with Crippen LogP contribution in [0.4, 0.5) is 4.39 Å². The van der Waals surface area contributed by atoms with E-state index in [0.29, 0.717) is 11.6 Å². The fourth-order valence-corrected chi connectivity index (χ4v) is 4.76. The van der Waals surface area contributed by atoms with Crippen molar-refractivity contribution in [3.8, 4) is 11.3 Å². The Hall–Kier alpha value is -3.06. The van der Waals surface area contributed by atoms with Crippen molar-refractivity contribution in [2.45, 2.75) is 18.8 Å². The van der Waals surface area contributed by atoms with Crippen molar-refractivity contribution in [1.82, 2.24) is 20.1 Å². The second-order valence-corrected chi connectivity index (χ2v) is 8.32. The molecule has 1 saturated heterocycles. The standard InChI is InChI=1S/C22H19FN4OS/c23-16-9-7-14(8-10-16)18-12-19(26-25-18)15-4-3-11-27(13-15)22(28)21-24-17-5-1-2-6-20(17)29-21/h1-2,5-10,12,15H,3-4,11,13H2,(H,25,26)/t15-/m0/s1. The summed E-state index contributed by atoms with van der Waals surface area (Å²) in [5.41, 5.74) is 3.53. The summed E-state index contributed by atoms with van der Waals surface area (Å²) in [6, 6.07) is 16.1. The van der Waals surface area contributed by atoms with E-state index in [9.17, 15) is 9.18 Å². The molecule has 0 spiro atoms. The number of piperidine rings is 1. The number of halogens is 1. The summed E-state index contributed by atoms with van der Waals surface area (Å²) < 4.78 is 14.2. The number of aromatic amines is 1. The molecule has 1 aliphatic rings. The molecule has 1 N–H and O–H groups in total. The minimum Gasteiger partial charge on any atom is -0.336 e. The van der Waals surface area contributed by atoms with Crippen molar-refractivity contribution in [2.24, 2.45) is 0 Å². The molecule has 4 aromatic rings. The molecule has 5 rings (SSSR count). The highest BCUT2D eigenvalue weighted by molar-refractivity contribution is 7.20. The number of H-pyrrole nitrogens is 1. The van der Waals surface area contributed by atoms with Gasteiger partial charge in [0.15, 0.2) is 5.01 Å². The number of likely N-dealkylation sites (tertiary alicyclic amines) is 1. The smallest absolute Gasteiger partial charge is 0.282 e. The van der Waals surface area contributed by atoms with Crippen molar-refractivity contribution in [1.29, 1.82) is 0 Å². The molecule has 0 unspecified atom stereocenters. The van der Waals surface area contributed by atoms with Crippen molar-refractivity contribution in [2.75, 3.05) is 13.1 Å². The summed E-state index contributed by atoms with van der Waals surface area (Å²) in [5, 5.41) is 8.05. The van der Waals surface area contributed by atoms with Crippen LogP contribution in [0, 0.1) is 5.82 Å². The van der Waals surface area contributed by atoms with Crippen LogP contribution >= 0.6 is 11.3 Å². The van der Waals surface area contributed by atoms with Crippen molar-refractivity contribution in [3.05, 3.63) is 71.1 Å². The van der Waals surface area contributed by atoms with Crippen molar-refractivity contribution in [3.63, 3.8) is 0 Å². The number of thiazole rings is 1. The first kappa shape index (κ1) is 18.0. The lowest BCUT2D eigenvalue weighted by atomic mass is 9.94. The van der Waals surface area contributed by atoms with E-state index in [2.05, 4.69) is 15.2 Å². The Morgan fingerprint density at radius 2 is 2.00 bits per heavy atom. The SMILES string of the molecule is O=C(c1nc2ccccc2s1)N1CCC[C@H](c2cc(-c3ccc(F)cc3)n[nH]2)C1. The van der Waals surface area contributed by atoms with Gasteiger partial charge in [-0.3, -0.25) is 9.89 Å². The molecule has 2 aromatic carbocycles. The van der Waals surface area contributed by atoms with Crippen LogP contribution in [0.2, 0.25) is 0 Å². The molecular weight excluding hydrogens is 387 g/mol. The fourth-order valence-electron chi connectivity index (χ4n) is 3.83. The minimum atomic E-state index is -0.263. The molecule has 2 aromatic heterocycles. The molecule has 7 heteroatoms. The molecule has 29 heavy (non-hydrogen) atoms. The molecule has 1 amide bonds. The minimum absolute atomic E-state index is 0.00540. The average Bonchev–Trinajstić information content (AvgIpc) is 3.41. The Balaban J connectivity index is 1.34. The molecule has 1 fully saturated rings. The maximum Gasteiger partial charge on any atom is 0.282 e. The molecule has 3 heterocycles. The summed E-state index contributed by atoms with van der Waals surface area (Å²) in [5.74, 6) is -0.0706. The third-order valence-electron chi connectivity index (χ3n) is 5.36. The number of hydrogen-bond donors (Lipinski definition) is 1. The van der Waals surface area contributed by atoms with Crippen LogP contribution in [-0.2, 0) is 0 Å². The van der Waals surface area contributed by atoms with Gasteiger partial charge in [-0.2, -0.15) is 5.10 Å². The van der Waals surface area contributed by atoms with E-state index >= 15 is 0 Å². The van der Waals surface area contributed by atoms with Crippen LogP contribution in [-0.4, -0.2) is 39.1 Å². The summed E-state index contributed by atoms with van der Waals surface area (Å²) in [7, 11) is 0. The van der Waals surface area contributed by atoms with Gasteiger partial charge in [-0.05, 0) is 55.3 Å². The number of amides is 1. The number of nitrogens with one attached hydrogen (secondary N) is 1. The van der Waals surface area contributed by atoms with Gasteiger partial charge in [0.25, 0.3) is 5.91 Å². The summed E-state index contributed by atoms with van der Waals surface area (Å²) in [6.45, 7) is 1.38. The van der Waals surface area contributed by atoms with E-state index in [1.165, 1.54) is 23.5 Å². The van der Waals surface area contributed by atoms with E-state index in [-0.39, 0.29) is 17.6 Å². The van der Waals surface area contributed by atoms with E-state index in [4.69, 9.17) is 0 Å². The van der Waals surface area contributed by atoms with Gasteiger partial charge in [0.05, 0.1) is 15.9 Å². The van der Waals surface area contributed by atoms with Crippen LogP contribution in [0.5, 0.6) is 0 Å². The van der Waals surface area contributed by atoms with Gasteiger partial charge in [0.1, 0.15) is 5.82 Å². The number of carbonyl (C=O) groups is 1. The molecule has 1 aliphatic heterocycles. The Kier molecular flexibility index (Phi) is 4.60. The zero-order chi connectivity index (χ0) is 19.8. The number of benzene rings is 2. The van der Waals surface area contributed by atoms with Gasteiger partial charge in [-0.15, -0.1) is 11.3 Å². The Labute approximate surface area is 171 Å². The number of para-hydroxylation sites is 1. The Bertz CT molecular complexity index is 1130. The molecule has 0 radical (unpaired) electrons. The molecule has 0 bridgehead atoms. The first-order valence-electron chi connectivity index (χ1n) is 9.63. The second kappa shape index (κ2) is 7.40. The lowest BCUT2D eigenvalue weighted by molar-refractivity contribution is 0.0705. The van der Waals surface area contributed by atoms with Crippen molar-refractivity contribution < 1.29 is 9.18 Å². The predicted molar refractivity (Wildman–Crippen MR) is 111 cm³/mol. The van der Waals surface area contributed by atoms with Crippen LogP contribution in [0.1, 0.15) is 34.3 Å². The first-order valence-corrected chi connectivity index (χ1v) is 10.4. The third kappa shape index (κ3) is 3.53. The number of nitrogens with zero attached hydrogens (tertiary/aromatic N) is 3. The third-order valence-corrected chi connectivity index (χ3v) is 6.39. The predicted octanol–water partition coefficient (Wildman–Crippen LogP) is 4.85. The quantitative estimate of drug-likeness (QED) is 0.529. The molecule has 146 valence electrons. The maximum atomic E-state index is 13.2. The van der Waals surface area contributed by atoms with Gasteiger partial charge >= 0.3 is 0 Å². The zero-order valence-electron chi connectivity index (χ0n) is 15.6. The molecular formula is C22H19FN4OS. The highest BCUT2D eigenvalue weighted by Crippen LogP contribution is 2.30. The zero-order valence-corrected chi connectivity index (χ0v) is 16.5. The number of hydrogen-bond acceptors (Lipinski definition) is 4. The van der Waals surface area contributed by atoms with E-state index in [1.807, 2.05) is 35.2 Å². The molecule has 5 nitrogen and oxygen atoms in total. The Morgan fingerprint density at radius 1 is 1.17 bits per heavy atom. The fraction of sp³-hybridized carbons (Fsp3) is 0.227. The molecule has 1 atom stereocenters. The first-order chi connectivity index (χ1) is 14.2. The number of aromatic nitrogens is 3. The summed E-state index contributed by atoms with van der Waals surface area (Å²) in [6.07, 6.45) is 1.93. The van der Waals surface area contributed by atoms with Gasteiger partial charge in [0, 0.05) is 30.3 Å². The van der Waals surface area contributed by atoms with Crippen LogP contribution in [0.15, 0.2) is 54.6 Å². The van der Waals surface area contributed by atoms with Gasteiger partial charge in [0.2, 0.25) is 0 Å². The van der Waals surface area contributed by atoms with Gasteiger partial charge < -0.3 is 4.90 Å². The summed E-state index contributed by atoms with van der Waals surface area (Å²) >= 11 is 1.45. The largest absolute Gasteiger partial charge is 0.336 e. The second-order valence-electron chi connectivity index (χ2n) is 7.29. The lowest BCUT2D eigenvalue weighted by Crippen LogP contribution is -2.39. The monoisotopic (exact) mass is 406 g/mol. The van der Waals surface area contributed by atoms with Crippen LogP contribution < -0.4 is 0 Å². The average molecular weight is 406 g/mol. The summed E-state index contributed by atoms with van der Waals surface area (Å²) in [4.78, 5) is 19.4. The van der Waals surface area contributed by atoms with Gasteiger partial charge in [-0.25, -0.2) is 9.37 Å².